The molecule has 10 nitrogen and oxygen atoms in total. The van der Waals surface area contributed by atoms with E-state index >= 15 is 0 Å². The number of rotatable bonds is 4. The lowest BCUT2D eigenvalue weighted by Gasteiger charge is -2.40. The number of nitrogens with zero attached hydrogens (tertiary/aromatic N) is 1. The summed E-state index contributed by atoms with van der Waals surface area (Å²) in [5, 5.41) is 51.8. The van der Waals surface area contributed by atoms with Crippen molar-refractivity contribution in [1.29, 1.82) is 0 Å². The van der Waals surface area contributed by atoms with Gasteiger partial charge in [-0.25, -0.2) is 0 Å². The number of carbonyl (C=O) groups is 1. The van der Waals surface area contributed by atoms with E-state index in [0.29, 0.717) is 0 Å². The lowest BCUT2D eigenvalue weighted by molar-refractivity contribution is -0.385. The Balaban J connectivity index is 2.21. The molecule has 0 bridgehead atoms. The molecule has 1 aromatic rings. The summed E-state index contributed by atoms with van der Waals surface area (Å²) in [6.45, 7) is 0.772. The van der Waals surface area contributed by atoms with Gasteiger partial charge in [0, 0.05) is 17.2 Å². The van der Waals surface area contributed by atoms with E-state index in [1.165, 1.54) is 25.1 Å². The van der Waals surface area contributed by atoms with Gasteiger partial charge >= 0.3 is 0 Å². The summed E-state index contributed by atoms with van der Waals surface area (Å²) >= 11 is 0. The van der Waals surface area contributed by atoms with Gasteiger partial charge in [0.15, 0.2) is 6.29 Å². The van der Waals surface area contributed by atoms with Crippen molar-refractivity contribution in [3.05, 3.63) is 39.4 Å². The van der Waals surface area contributed by atoms with Gasteiger partial charge in [-0.2, -0.15) is 0 Å². The molecule has 1 aliphatic heterocycles. The van der Waals surface area contributed by atoms with Crippen molar-refractivity contribution in [3.8, 4) is 0 Å². The second-order valence-electron chi connectivity index (χ2n) is 5.43. The lowest BCUT2D eigenvalue weighted by Crippen LogP contribution is -2.64. The van der Waals surface area contributed by atoms with Crippen molar-refractivity contribution < 1.29 is 34.9 Å². The Bertz CT molecular complexity index is 637. The van der Waals surface area contributed by atoms with Crippen LogP contribution in [0.5, 0.6) is 0 Å². The third-order valence-electron chi connectivity index (χ3n) is 3.94. The Kier molecular flexibility index (Phi) is 5.47. The van der Waals surface area contributed by atoms with E-state index in [2.05, 4.69) is 5.32 Å². The molecule has 1 fully saturated rings. The second kappa shape index (κ2) is 7.20. The Morgan fingerprint density at radius 3 is 2.58 bits per heavy atom. The van der Waals surface area contributed by atoms with Crippen LogP contribution in [0.25, 0.3) is 0 Å². The molecule has 3 unspecified atom stereocenters. The molecule has 1 aliphatic rings. The quantitative estimate of drug-likeness (QED) is 0.324. The van der Waals surface area contributed by atoms with Gasteiger partial charge in [-0.05, 0) is 13.0 Å². The van der Waals surface area contributed by atoms with Crippen LogP contribution in [0.15, 0.2) is 18.2 Å². The fraction of sp³-hybridized carbons (Fsp3) is 0.500. The maximum atomic E-state index is 12.3. The summed E-state index contributed by atoms with van der Waals surface area (Å²) in [6, 6.07) is 2.57. The van der Waals surface area contributed by atoms with Gasteiger partial charge in [-0.3, -0.25) is 14.9 Å². The lowest BCUT2D eigenvalue weighted by atomic mass is 9.96. The maximum absolute atomic E-state index is 12.3. The van der Waals surface area contributed by atoms with Crippen LogP contribution in [0.1, 0.15) is 15.9 Å². The van der Waals surface area contributed by atoms with E-state index in [0.717, 1.165) is 0 Å². The number of ether oxygens (including phenoxy) is 1. The summed E-state index contributed by atoms with van der Waals surface area (Å²) in [5.74, 6) is -0.780. The summed E-state index contributed by atoms with van der Waals surface area (Å²) < 4.78 is 4.93. The highest BCUT2D eigenvalue weighted by Gasteiger charge is 2.44. The van der Waals surface area contributed by atoms with Crippen molar-refractivity contribution in [1.82, 2.24) is 5.32 Å². The number of hydrogen-bond acceptors (Lipinski definition) is 8. The summed E-state index contributed by atoms with van der Waals surface area (Å²) in [5.41, 5.74) is -0.138. The highest BCUT2D eigenvalue weighted by Crippen LogP contribution is 2.23. The van der Waals surface area contributed by atoms with Crippen LogP contribution in [0.2, 0.25) is 0 Å². The highest BCUT2D eigenvalue weighted by atomic mass is 16.6. The first-order chi connectivity index (χ1) is 11.3. The third kappa shape index (κ3) is 3.37. The van der Waals surface area contributed by atoms with Gasteiger partial charge in [-0.1, -0.05) is 6.07 Å². The number of nitro groups is 1. The van der Waals surface area contributed by atoms with E-state index in [-0.39, 0.29) is 16.8 Å². The second-order valence-corrected chi connectivity index (χ2v) is 5.43. The number of nitro benzene ring substituents is 1. The predicted molar refractivity (Wildman–Crippen MR) is 79.1 cm³/mol. The molecule has 0 aliphatic carbocycles. The molecular formula is C14H18N2O8. The van der Waals surface area contributed by atoms with Gasteiger partial charge in [-0.15, -0.1) is 0 Å². The molecule has 2 rings (SSSR count). The monoisotopic (exact) mass is 342 g/mol. The van der Waals surface area contributed by atoms with Crippen LogP contribution < -0.4 is 5.32 Å². The predicted octanol–water partition coefficient (Wildman–Crippen LogP) is -1.57. The van der Waals surface area contributed by atoms with Crippen LogP contribution in [0, 0.1) is 17.0 Å². The number of carbonyl (C=O) groups excluding carboxylic acids is 1. The molecule has 0 saturated carbocycles. The number of benzene rings is 1. The Morgan fingerprint density at radius 2 is 2.00 bits per heavy atom. The van der Waals surface area contributed by atoms with Crippen LogP contribution in [0.4, 0.5) is 5.69 Å². The van der Waals surface area contributed by atoms with E-state index in [1.54, 1.807) is 0 Å². The average molecular weight is 342 g/mol. The van der Waals surface area contributed by atoms with E-state index in [9.17, 15) is 30.2 Å². The minimum Gasteiger partial charge on any atom is -0.394 e. The Hall–Kier alpha value is -2.11. The van der Waals surface area contributed by atoms with Crippen molar-refractivity contribution >= 4 is 11.6 Å². The molecule has 5 atom stereocenters. The zero-order valence-corrected chi connectivity index (χ0v) is 12.7. The number of nitrogens with one attached hydrogen (secondary N) is 1. The molecule has 1 saturated heterocycles. The Labute approximate surface area is 136 Å². The Morgan fingerprint density at radius 1 is 1.33 bits per heavy atom. The third-order valence-corrected chi connectivity index (χ3v) is 3.94. The van der Waals surface area contributed by atoms with Gasteiger partial charge in [0.25, 0.3) is 11.6 Å². The fourth-order valence-corrected chi connectivity index (χ4v) is 2.55. The molecule has 24 heavy (non-hydrogen) atoms. The first kappa shape index (κ1) is 18.2. The standard InChI is InChI=1S/C14H18N2O8/c1-6-7(3-2-4-8(6)16(22)23)13(20)15-10-12(19)11(18)9(5-17)24-14(10)21/h2-4,9-12,14,17-19,21H,5H2,1H3,(H,15,20)/t9-,10?,11?,12-,14?/m1/s1. The van der Waals surface area contributed by atoms with E-state index < -0.39 is 48.1 Å². The molecule has 1 heterocycles. The summed E-state index contributed by atoms with van der Waals surface area (Å²) in [4.78, 5) is 22.6. The zero-order chi connectivity index (χ0) is 18.0. The molecule has 132 valence electrons. The topological polar surface area (TPSA) is 162 Å². The molecule has 10 heteroatoms. The first-order valence-corrected chi connectivity index (χ1v) is 7.13. The van der Waals surface area contributed by atoms with Crippen molar-refractivity contribution in [2.24, 2.45) is 0 Å². The SMILES string of the molecule is Cc1c(C(=O)NC2C(O)O[C@H](CO)C(O)[C@@H]2O)cccc1[N+](=O)[O-]. The molecule has 0 spiro atoms. The minimum atomic E-state index is -1.66. The van der Waals surface area contributed by atoms with Crippen LogP contribution in [0.3, 0.4) is 0 Å². The van der Waals surface area contributed by atoms with Gasteiger partial charge in [0.1, 0.15) is 24.4 Å². The fourth-order valence-electron chi connectivity index (χ4n) is 2.55. The maximum Gasteiger partial charge on any atom is 0.273 e. The smallest absolute Gasteiger partial charge is 0.273 e. The van der Waals surface area contributed by atoms with Crippen molar-refractivity contribution in [2.45, 2.75) is 37.6 Å². The van der Waals surface area contributed by atoms with Gasteiger partial charge in [0.2, 0.25) is 0 Å². The molecular weight excluding hydrogens is 324 g/mol. The largest absolute Gasteiger partial charge is 0.394 e. The number of aliphatic hydroxyl groups excluding tert-OH is 4. The summed E-state index contributed by atoms with van der Waals surface area (Å²) in [6.07, 6.45) is -5.96. The van der Waals surface area contributed by atoms with E-state index in [4.69, 9.17) is 9.84 Å². The first-order valence-electron chi connectivity index (χ1n) is 7.13. The highest BCUT2D eigenvalue weighted by molar-refractivity contribution is 5.96. The minimum absolute atomic E-state index is 0.0117. The van der Waals surface area contributed by atoms with Gasteiger partial charge < -0.3 is 30.5 Å². The summed E-state index contributed by atoms with van der Waals surface area (Å²) in [7, 11) is 0. The molecule has 1 amide bonds. The normalized spacial score (nSPS) is 30.0. The average Bonchev–Trinajstić information content (AvgIpc) is 2.54. The molecule has 0 aromatic heterocycles. The van der Waals surface area contributed by atoms with Crippen LogP contribution >= 0.6 is 0 Å². The molecule has 0 radical (unpaired) electrons. The van der Waals surface area contributed by atoms with Crippen molar-refractivity contribution in [2.75, 3.05) is 6.61 Å². The molecule has 1 aromatic carbocycles. The van der Waals surface area contributed by atoms with Crippen LogP contribution in [-0.2, 0) is 4.74 Å². The van der Waals surface area contributed by atoms with E-state index in [1.807, 2.05) is 0 Å². The van der Waals surface area contributed by atoms with Crippen LogP contribution in [-0.4, -0.2) is 68.5 Å². The van der Waals surface area contributed by atoms with Gasteiger partial charge in [0.05, 0.1) is 11.5 Å². The number of hydrogen-bond donors (Lipinski definition) is 5. The number of amides is 1. The zero-order valence-electron chi connectivity index (χ0n) is 12.7. The van der Waals surface area contributed by atoms with Crippen molar-refractivity contribution in [3.63, 3.8) is 0 Å². The molecule has 5 N–H and O–H groups in total. The number of aliphatic hydroxyl groups is 4.